The fourth-order valence-corrected chi connectivity index (χ4v) is 3.48. The first kappa shape index (κ1) is 15.1. The summed E-state index contributed by atoms with van der Waals surface area (Å²) in [4.78, 5) is 14.6. The first-order valence-electron chi connectivity index (χ1n) is 8.37. The zero-order valence-electron chi connectivity index (χ0n) is 13.7. The van der Waals surface area contributed by atoms with E-state index in [0.29, 0.717) is 18.3 Å². The van der Waals surface area contributed by atoms with Crippen LogP contribution in [-0.4, -0.2) is 47.6 Å². The fourth-order valence-electron chi connectivity index (χ4n) is 3.48. The molecule has 126 valence electrons. The summed E-state index contributed by atoms with van der Waals surface area (Å²) in [5.74, 6) is 0.735. The maximum absolute atomic E-state index is 12.8. The topological polar surface area (TPSA) is 72.3 Å². The third-order valence-electron chi connectivity index (χ3n) is 4.84. The molecule has 1 N–H and O–H groups in total. The minimum absolute atomic E-state index is 0.0842. The van der Waals surface area contributed by atoms with E-state index in [1.54, 1.807) is 18.2 Å². The summed E-state index contributed by atoms with van der Waals surface area (Å²) in [7, 11) is 1.65. The number of hydrogen-bond acceptors (Lipinski definition) is 5. The highest BCUT2D eigenvalue weighted by Gasteiger charge is 2.28. The molecule has 0 saturated carbocycles. The molecular weight excluding hydrogens is 306 g/mol. The van der Waals surface area contributed by atoms with E-state index >= 15 is 0 Å². The van der Waals surface area contributed by atoms with Gasteiger partial charge in [-0.3, -0.25) is 4.79 Å². The lowest BCUT2D eigenvalue weighted by Gasteiger charge is -2.22. The second-order valence-corrected chi connectivity index (χ2v) is 6.27. The molecule has 0 radical (unpaired) electrons. The predicted molar refractivity (Wildman–Crippen MR) is 89.5 cm³/mol. The standard InChI is InChI=1S/C17H21N5O2/c1-24-14-2-3-16-12(10-14)6-9-21(16)17(23)15-11-22(20-19-15)13-4-7-18-8-5-13/h2-3,10-11,13,18H,4-9H2,1H3. The van der Waals surface area contributed by atoms with Crippen molar-refractivity contribution < 1.29 is 9.53 Å². The zero-order valence-corrected chi connectivity index (χ0v) is 13.7. The number of carbonyl (C=O) groups excluding carboxylic acids is 1. The summed E-state index contributed by atoms with van der Waals surface area (Å²) in [6.45, 7) is 2.63. The molecule has 1 aromatic heterocycles. The van der Waals surface area contributed by atoms with Crippen LogP contribution in [0.15, 0.2) is 24.4 Å². The maximum Gasteiger partial charge on any atom is 0.280 e. The average molecular weight is 327 g/mol. The van der Waals surface area contributed by atoms with Crippen LogP contribution in [0.4, 0.5) is 5.69 Å². The summed E-state index contributed by atoms with van der Waals surface area (Å²) in [6.07, 6.45) is 4.66. The second kappa shape index (κ2) is 6.24. The summed E-state index contributed by atoms with van der Waals surface area (Å²) in [5, 5.41) is 11.6. The number of rotatable bonds is 3. The number of fused-ring (bicyclic) bond motifs is 1. The van der Waals surface area contributed by atoms with E-state index < -0.39 is 0 Å². The predicted octanol–water partition coefficient (Wildman–Crippen LogP) is 1.41. The van der Waals surface area contributed by atoms with Gasteiger partial charge in [-0.2, -0.15) is 0 Å². The molecule has 0 bridgehead atoms. The summed E-state index contributed by atoms with van der Waals surface area (Å²) >= 11 is 0. The number of piperidine rings is 1. The lowest BCUT2D eigenvalue weighted by molar-refractivity contribution is 0.0984. The Morgan fingerprint density at radius 2 is 2.17 bits per heavy atom. The fraction of sp³-hybridized carbons (Fsp3) is 0.471. The number of hydrogen-bond donors (Lipinski definition) is 1. The van der Waals surface area contributed by atoms with E-state index in [-0.39, 0.29) is 5.91 Å². The molecule has 1 amide bonds. The number of aromatic nitrogens is 3. The van der Waals surface area contributed by atoms with Gasteiger partial charge in [-0.25, -0.2) is 4.68 Å². The van der Waals surface area contributed by atoms with Crippen molar-refractivity contribution in [2.45, 2.75) is 25.3 Å². The number of nitrogens with one attached hydrogen (secondary N) is 1. The van der Waals surface area contributed by atoms with Crippen LogP contribution < -0.4 is 15.0 Å². The molecule has 2 aliphatic heterocycles. The molecule has 0 aliphatic carbocycles. The highest BCUT2D eigenvalue weighted by molar-refractivity contribution is 6.05. The van der Waals surface area contributed by atoms with Gasteiger partial charge in [-0.1, -0.05) is 5.21 Å². The van der Waals surface area contributed by atoms with Crippen molar-refractivity contribution in [2.75, 3.05) is 31.6 Å². The van der Waals surface area contributed by atoms with Gasteiger partial charge in [0.1, 0.15) is 5.75 Å². The van der Waals surface area contributed by atoms with Crippen LogP contribution >= 0.6 is 0 Å². The van der Waals surface area contributed by atoms with E-state index in [1.165, 1.54) is 0 Å². The van der Waals surface area contributed by atoms with Gasteiger partial charge in [0.25, 0.3) is 5.91 Å². The van der Waals surface area contributed by atoms with Crippen molar-refractivity contribution in [3.05, 3.63) is 35.7 Å². The Morgan fingerprint density at radius 1 is 1.33 bits per heavy atom. The van der Waals surface area contributed by atoms with E-state index in [9.17, 15) is 4.79 Å². The third-order valence-corrected chi connectivity index (χ3v) is 4.84. The van der Waals surface area contributed by atoms with Crippen LogP contribution in [0.2, 0.25) is 0 Å². The number of nitrogens with zero attached hydrogens (tertiary/aromatic N) is 4. The molecular formula is C17H21N5O2. The van der Waals surface area contributed by atoms with Gasteiger partial charge in [0, 0.05) is 12.2 Å². The molecule has 0 unspecified atom stereocenters. The number of ether oxygens (including phenoxy) is 1. The van der Waals surface area contributed by atoms with Gasteiger partial charge >= 0.3 is 0 Å². The molecule has 3 heterocycles. The van der Waals surface area contributed by atoms with Crippen LogP contribution in [0.25, 0.3) is 0 Å². The van der Waals surface area contributed by atoms with Crippen LogP contribution in [0.5, 0.6) is 5.75 Å². The Morgan fingerprint density at radius 3 is 2.96 bits per heavy atom. The van der Waals surface area contributed by atoms with Crippen LogP contribution in [-0.2, 0) is 6.42 Å². The number of benzene rings is 1. The molecule has 1 aromatic carbocycles. The highest BCUT2D eigenvalue weighted by Crippen LogP contribution is 2.32. The lowest BCUT2D eigenvalue weighted by atomic mass is 10.1. The molecule has 4 rings (SSSR count). The van der Waals surface area contributed by atoms with Crippen molar-refractivity contribution in [1.29, 1.82) is 0 Å². The number of methoxy groups -OCH3 is 1. The van der Waals surface area contributed by atoms with Crippen molar-refractivity contribution in [2.24, 2.45) is 0 Å². The first-order chi connectivity index (χ1) is 11.8. The van der Waals surface area contributed by atoms with Crippen LogP contribution in [0.3, 0.4) is 0 Å². The molecule has 2 aromatic rings. The smallest absolute Gasteiger partial charge is 0.280 e. The molecule has 0 atom stereocenters. The molecule has 2 aliphatic rings. The third kappa shape index (κ3) is 2.65. The highest BCUT2D eigenvalue weighted by atomic mass is 16.5. The minimum Gasteiger partial charge on any atom is -0.497 e. The molecule has 1 fully saturated rings. The molecule has 7 nitrogen and oxygen atoms in total. The Hall–Kier alpha value is -2.41. The summed E-state index contributed by atoms with van der Waals surface area (Å²) < 4.78 is 7.10. The van der Waals surface area contributed by atoms with E-state index in [0.717, 1.165) is 49.4 Å². The Kier molecular flexibility index (Phi) is 3.93. The van der Waals surface area contributed by atoms with E-state index in [2.05, 4.69) is 15.6 Å². The number of amides is 1. The molecule has 1 saturated heterocycles. The van der Waals surface area contributed by atoms with Gasteiger partial charge in [0.05, 0.1) is 19.3 Å². The van der Waals surface area contributed by atoms with Crippen LogP contribution in [0, 0.1) is 0 Å². The van der Waals surface area contributed by atoms with Gasteiger partial charge < -0.3 is 15.0 Å². The molecule has 24 heavy (non-hydrogen) atoms. The SMILES string of the molecule is COc1ccc2c(c1)CCN2C(=O)c1cn(C2CCNCC2)nn1. The van der Waals surface area contributed by atoms with Gasteiger partial charge in [-0.15, -0.1) is 5.10 Å². The van der Waals surface area contributed by atoms with Crippen molar-refractivity contribution in [1.82, 2.24) is 20.3 Å². The number of anilines is 1. The lowest BCUT2D eigenvalue weighted by Crippen LogP contribution is -2.30. The van der Waals surface area contributed by atoms with Crippen LogP contribution in [0.1, 0.15) is 34.9 Å². The van der Waals surface area contributed by atoms with E-state index in [4.69, 9.17) is 4.74 Å². The van der Waals surface area contributed by atoms with Gasteiger partial charge in [-0.05, 0) is 56.1 Å². The normalized spacial score (nSPS) is 17.8. The quantitative estimate of drug-likeness (QED) is 0.923. The Labute approximate surface area is 140 Å². The zero-order chi connectivity index (χ0) is 16.5. The first-order valence-corrected chi connectivity index (χ1v) is 8.37. The Balaban J connectivity index is 1.54. The molecule has 7 heteroatoms. The van der Waals surface area contributed by atoms with Crippen molar-refractivity contribution >= 4 is 11.6 Å². The number of carbonyl (C=O) groups is 1. The van der Waals surface area contributed by atoms with Gasteiger partial charge in [0.15, 0.2) is 5.69 Å². The maximum atomic E-state index is 12.8. The average Bonchev–Trinajstić information content (AvgIpc) is 3.28. The second-order valence-electron chi connectivity index (χ2n) is 6.27. The van der Waals surface area contributed by atoms with Gasteiger partial charge in [0.2, 0.25) is 0 Å². The monoisotopic (exact) mass is 327 g/mol. The Bertz CT molecular complexity index is 751. The van der Waals surface area contributed by atoms with Crippen molar-refractivity contribution in [3.63, 3.8) is 0 Å². The van der Waals surface area contributed by atoms with E-state index in [1.807, 2.05) is 22.9 Å². The molecule has 0 spiro atoms. The largest absolute Gasteiger partial charge is 0.497 e. The summed E-state index contributed by atoms with van der Waals surface area (Å²) in [5.41, 5.74) is 2.49. The minimum atomic E-state index is -0.0842. The summed E-state index contributed by atoms with van der Waals surface area (Å²) in [6, 6.07) is 6.15. The van der Waals surface area contributed by atoms with Crippen molar-refractivity contribution in [3.8, 4) is 5.75 Å².